The van der Waals surface area contributed by atoms with Crippen molar-refractivity contribution in [2.24, 2.45) is 0 Å². The van der Waals surface area contributed by atoms with Crippen LogP contribution in [0.3, 0.4) is 0 Å². The molecular formula is C26H45N3O4S. The van der Waals surface area contributed by atoms with Crippen LogP contribution in [0.5, 0.6) is 0 Å². The Bertz CT molecular complexity index is 743. The molecular weight excluding hydrogens is 450 g/mol. The van der Waals surface area contributed by atoms with Gasteiger partial charge >= 0.3 is 11.7 Å². The first-order valence-corrected chi connectivity index (χ1v) is 14.4. The van der Waals surface area contributed by atoms with Gasteiger partial charge in [0.25, 0.3) is 0 Å². The molecule has 2 N–H and O–H groups in total. The van der Waals surface area contributed by atoms with Gasteiger partial charge in [0.05, 0.1) is 0 Å². The summed E-state index contributed by atoms with van der Waals surface area (Å²) in [6, 6.07) is 1.57. The van der Waals surface area contributed by atoms with Gasteiger partial charge in [0, 0.05) is 18.4 Å². The number of aromatic nitrogens is 2. The van der Waals surface area contributed by atoms with Crippen LogP contribution >= 0.6 is 11.8 Å². The molecule has 1 saturated heterocycles. The number of rotatable bonds is 19. The van der Waals surface area contributed by atoms with Gasteiger partial charge in [0.15, 0.2) is 0 Å². The van der Waals surface area contributed by atoms with E-state index in [0.717, 1.165) is 12.8 Å². The molecule has 0 spiro atoms. The molecule has 1 aliphatic rings. The third-order valence-electron chi connectivity index (χ3n) is 6.26. The van der Waals surface area contributed by atoms with Gasteiger partial charge in [-0.25, -0.2) is 4.79 Å². The first-order valence-electron chi connectivity index (χ1n) is 13.4. The van der Waals surface area contributed by atoms with E-state index in [0.29, 0.717) is 12.2 Å². The zero-order chi connectivity index (χ0) is 24.4. The predicted molar refractivity (Wildman–Crippen MR) is 140 cm³/mol. The van der Waals surface area contributed by atoms with E-state index in [4.69, 9.17) is 15.2 Å². The second kappa shape index (κ2) is 17.8. The van der Waals surface area contributed by atoms with E-state index in [2.05, 4.69) is 11.9 Å². The molecule has 1 aromatic heterocycles. The summed E-state index contributed by atoms with van der Waals surface area (Å²) < 4.78 is 12.6. The van der Waals surface area contributed by atoms with Gasteiger partial charge in [0.1, 0.15) is 24.1 Å². The van der Waals surface area contributed by atoms with Gasteiger partial charge in [-0.15, -0.1) is 11.8 Å². The van der Waals surface area contributed by atoms with Gasteiger partial charge in [-0.1, -0.05) is 96.8 Å². The summed E-state index contributed by atoms with van der Waals surface area (Å²) in [6.45, 7) is 2.47. The summed E-state index contributed by atoms with van der Waals surface area (Å²) in [5, 5.41) is 0. The minimum atomic E-state index is -0.434. The Morgan fingerprint density at radius 2 is 1.59 bits per heavy atom. The molecule has 7 nitrogen and oxygen atoms in total. The Morgan fingerprint density at radius 1 is 1.03 bits per heavy atom. The summed E-state index contributed by atoms with van der Waals surface area (Å²) in [6.07, 6.45) is 21.2. The van der Waals surface area contributed by atoms with Crippen molar-refractivity contribution in [1.82, 2.24) is 9.55 Å². The summed E-state index contributed by atoms with van der Waals surface area (Å²) in [7, 11) is 0. The fourth-order valence-electron chi connectivity index (χ4n) is 4.20. The first-order chi connectivity index (χ1) is 16.6. The molecule has 1 unspecified atom stereocenters. The largest absolute Gasteiger partial charge is 0.462 e. The normalized spacial score (nSPS) is 17.8. The molecule has 0 radical (unpaired) electrons. The van der Waals surface area contributed by atoms with Crippen molar-refractivity contribution in [2.45, 2.75) is 121 Å². The summed E-state index contributed by atoms with van der Waals surface area (Å²) >= 11 is 1.53. The minimum absolute atomic E-state index is 0.173. The molecule has 194 valence electrons. The highest BCUT2D eigenvalue weighted by atomic mass is 32.2. The highest BCUT2D eigenvalue weighted by Gasteiger charge is 2.29. The van der Waals surface area contributed by atoms with E-state index in [1.807, 2.05) is 0 Å². The lowest BCUT2D eigenvalue weighted by Gasteiger charge is -2.14. The maximum Gasteiger partial charge on any atom is 0.351 e. The first kappa shape index (κ1) is 28.7. The molecule has 2 atom stereocenters. The Balaban J connectivity index is 1.38. The molecule has 2 heterocycles. The van der Waals surface area contributed by atoms with Gasteiger partial charge in [-0.05, 0) is 12.5 Å². The maximum atomic E-state index is 12.0. The topological polar surface area (TPSA) is 96.4 Å². The fourth-order valence-corrected chi connectivity index (χ4v) is 5.19. The Hall–Kier alpha value is -1.54. The second-order valence-corrected chi connectivity index (χ2v) is 10.5. The zero-order valence-corrected chi connectivity index (χ0v) is 21.9. The number of hydrogen-bond acceptors (Lipinski definition) is 7. The summed E-state index contributed by atoms with van der Waals surface area (Å²) in [5.41, 5.74) is 4.82. The van der Waals surface area contributed by atoms with Crippen molar-refractivity contribution in [2.75, 3.05) is 18.1 Å². The van der Waals surface area contributed by atoms with Crippen LogP contribution in [0.2, 0.25) is 0 Å². The average Bonchev–Trinajstić information content (AvgIpc) is 3.29. The molecule has 34 heavy (non-hydrogen) atoms. The van der Waals surface area contributed by atoms with Crippen molar-refractivity contribution in [3.8, 4) is 0 Å². The second-order valence-electron chi connectivity index (χ2n) is 9.28. The number of nitrogens with zero attached hydrogens (tertiary/aromatic N) is 2. The van der Waals surface area contributed by atoms with E-state index >= 15 is 0 Å². The summed E-state index contributed by atoms with van der Waals surface area (Å²) in [4.78, 5) is 27.6. The van der Waals surface area contributed by atoms with E-state index in [9.17, 15) is 9.59 Å². The molecule has 8 heteroatoms. The number of ether oxygens (including phenoxy) is 2. The molecule has 0 aliphatic carbocycles. The molecule has 0 amide bonds. The predicted octanol–water partition coefficient (Wildman–Crippen LogP) is 6.22. The number of carbonyl (C=O) groups is 1. The van der Waals surface area contributed by atoms with Crippen molar-refractivity contribution < 1.29 is 14.3 Å². The van der Waals surface area contributed by atoms with Crippen molar-refractivity contribution in [1.29, 1.82) is 0 Å². The number of thioether (sulfide) groups is 1. The third kappa shape index (κ3) is 12.2. The SMILES string of the molecule is CCCCCCCCCCCCCCCCCC(=O)OC[C@@H]1OC(n2ccc(N)nc2=O)CS1. The quantitative estimate of drug-likeness (QED) is 0.180. The Labute approximate surface area is 209 Å². The number of carbonyl (C=O) groups excluding carboxylic acids is 1. The number of nitrogen functional groups attached to an aromatic ring is 1. The lowest BCUT2D eigenvalue weighted by Crippen LogP contribution is -2.29. The number of anilines is 1. The smallest absolute Gasteiger partial charge is 0.351 e. The highest BCUT2D eigenvalue weighted by molar-refractivity contribution is 8.00. The Kier molecular flexibility index (Phi) is 15.0. The van der Waals surface area contributed by atoms with Crippen LogP contribution in [0.1, 0.15) is 116 Å². The van der Waals surface area contributed by atoms with Gasteiger partial charge in [-0.3, -0.25) is 9.36 Å². The molecule has 0 saturated carbocycles. The van der Waals surface area contributed by atoms with Crippen LogP contribution in [0, 0.1) is 0 Å². The number of esters is 1. The molecule has 0 bridgehead atoms. The number of nitrogens with two attached hydrogens (primary N) is 1. The van der Waals surface area contributed by atoms with Gasteiger partial charge in [0.2, 0.25) is 0 Å². The zero-order valence-electron chi connectivity index (χ0n) is 21.1. The van der Waals surface area contributed by atoms with Crippen LogP contribution in [-0.2, 0) is 14.3 Å². The number of hydrogen-bond donors (Lipinski definition) is 1. The van der Waals surface area contributed by atoms with E-state index in [1.165, 1.54) is 99.8 Å². The monoisotopic (exact) mass is 495 g/mol. The lowest BCUT2D eigenvalue weighted by molar-refractivity contribution is -0.147. The highest BCUT2D eigenvalue weighted by Crippen LogP contribution is 2.31. The standard InChI is InChI=1S/C26H45N3O4S/c1-2-3-4-5-6-7-8-9-10-11-12-13-14-15-16-17-24(30)32-20-25-33-23(21-34-25)29-19-18-22(27)28-26(29)31/h18-19,23,25H,2-17,20-21H2,1H3,(H2,27,28,31)/t23?,25-/m1/s1. The molecule has 2 rings (SSSR count). The van der Waals surface area contributed by atoms with E-state index in [-0.39, 0.29) is 23.8 Å². The summed E-state index contributed by atoms with van der Waals surface area (Å²) in [5.74, 6) is 0.622. The van der Waals surface area contributed by atoms with Gasteiger partial charge in [-0.2, -0.15) is 4.98 Å². The maximum absolute atomic E-state index is 12.0. The van der Waals surface area contributed by atoms with Gasteiger partial charge < -0.3 is 15.2 Å². The van der Waals surface area contributed by atoms with Crippen LogP contribution in [0.15, 0.2) is 17.1 Å². The van der Waals surface area contributed by atoms with Crippen LogP contribution in [0.4, 0.5) is 5.82 Å². The molecule has 1 aliphatic heterocycles. The fraction of sp³-hybridized carbons (Fsp3) is 0.808. The van der Waals surface area contributed by atoms with E-state index in [1.54, 1.807) is 12.3 Å². The molecule has 1 aromatic rings. The molecule has 1 fully saturated rings. The Morgan fingerprint density at radius 3 is 2.15 bits per heavy atom. The van der Waals surface area contributed by atoms with Crippen LogP contribution in [0.25, 0.3) is 0 Å². The number of unbranched alkanes of at least 4 members (excludes halogenated alkanes) is 14. The van der Waals surface area contributed by atoms with Crippen molar-refractivity contribution in [3.63, 3.8) is 0 Å². The third-order valence-corrected chi connectivity index (χ3v) is 7.36. The average molecular weight is 496 g/mol. The minimum Gasteiger partial charge on any atom is -0.462 e. The van der Waals surface area contributed by atoms with Crippen LogP contribution < -0.4 is 11.4 Å². The lowest BCUT2D eigenvalue weighted by atomic mass is 10.0. The van der Waals surface area contributed by atoms with Crippen LogP contribution in [-0.4, -0.2) is 33.3 Å². The van der Waals surface area contributed by atoms with Crippen molar-refractivity contribution in [3.05, 3.63) is 22.7 Å². The van der Waals surface area contributed by atoms with E-state index < -0.39 is 11.9 Å². The molecule has 0 aromatic carbocycles. The van der Waals surface area contributed by atoms with Crippen molar-refractivity contribution >= 4 is 23.5 Å².